The van der Waals surface area contributed by atoms with Gasteiger partial charge in [-0.1, -0.05) is 0 Å². The van der Waals surface area contributed by atoms with E-state index in [2.05, 4.69) is 0 Å². The highest BCUT2D eigenvalue weighted by Crippen LogP contribution is 2.29. The minimum Gasteiger partial charge on any atom is -0.423 e. The standard InChI is InChI=1S/C5H4BF3O2S/c7-5(8,9)3-1-12-2-4(3)6(10)11/h1-2,10-11H. The molecule has 2 N–H and O–H groups in total. The quantitative estimate of drug-likeness (QED) is 0.640. The molecule has 66 valence electrons. The molecule has 0 fully saturated rings. The van der Waals surface area contributed by atoms with Crippen molar-refractivity contribution < 1.29 is 23.2 Å². The Balaban J connectivity index is 3.08. The van der Waals surface area contributed by atoms with Crippen LogP contribution in [0.1, 0.15) is 5.56 Å². The Bertz CT molecular complexity index is 270. The molecule has 2 nitrogen and oxygen atoms in total. The van der Waals surface area contributed by atoms with Gasteiger partial charge < -0.3 is 10.0 Å². The largest absolute Gasteiger partial charge is 0.489 e. The third-order valence-electron chi connectivity index (χ3n) is 1.28. The van der Waals surface area contributed by atoms with E-state index in [9.17, 15) is 13.2 Å². The highest BCUT2D eigenvalue weighted by Gasteiger charge is 2.36. The summed E-state index contributed by atoms with van der Waals surface area (Å²) in [7, 11) is -2.06. The van der Waals surface area contributed by atoms with E-state index in [4.69, 9.17) is 10.0 Å². The van der Waals surface area contributed by atoms with Crippen LogP contribution in [-0.4, -0.2) is 17.2 Å². The Morgan fingerprint density at radius 3 is 2.17 bits per heavy atom. The van der Waals surface area contributed by atoms with Crippen LogP contribution in [0.15, 0.2) is 10.8 Å². The molecule has 0 atom stereocenters. The summed E-state index contributed by atoms with van der Waals surface area (Å²) in [5.74, 6) is 0. The van der Waals surface area contributed by atoms with Gasteiger partial charge in [0.2, 0.25) is 0 Å². The van der Waals surface area contributed by atoms with Crippen LogP contribution in [-0.2, 0) is 6.18 Å². The summed E-state index contributed by atoms with van der Waals surface area (Å²) in [4.78, 5) is 0. The molecule has 1 heterocycles. The van der Waals surface area contributed by atoms with E-state index in [1.165, 1.54) is 0 Å². The molecule has 1 aromatic rings. The second kappa shape index (κ2) is 3.08. The smallest absolute Gasteiger partial charge is 0.423 e. The SMILES string of the molecule is OB(O)c1cscc1C(F)(F)F. The van der Waals surface area contributed by atoms with Gasteiger partial charge in [-0.3, -0.25) is 0 Å². The number of rotatable bonds is 1. The molecule has 0 unspecified atom stereocenters. The van der Waals surface area contributed by atoms with Crippen molar-refractivity contribution in [1.82, 2.24) is 0 Å². The van der Waals surface area contributed by atoms with E-state index in [-0.39, 0.29) is 0 Å². The first-order chi connectivity index (χ1) is 5.43. The Kier molecular flexibility index (Phi) is 2.45. The van der Waals surface area contributed by atoms with Crippen LogP contribution in [0.4, 0.5) is 13.2 Å². The molecule has 0 aromatic carbocycles. The Morgan fingerprint density at radius 1 is 1.25 bits per heavy atom. The molecular formula is C5H4BF3O2S. The van der Waals surface area contributed by atoms with Crippen LogP contribution in [0, 0.1) is 0 Å². The van der Waals surface area contributed by atoms with Crippen molar-refractivity contribution >= 4 is 23.9 Å². The third kappa shape index (κ3) is 1.79. The van der Waals surface area contributed by atoms with Crippen molar-refractivity contribution in [2.24, 2.45) is 0 Å². The molecule has 1 rings (SSSR count). The number of hydrogen-bond acceptors (Lipinski definition) is 3. The van der Waals surface area contributed by atoms with Gasteiger partial charge in [-0.05, 0) is 5.38 Å². The first-order valence-electron chi connectivity index (χ1n) is 2.92. The van der Waals surface area contributed by atoms with Gasteiger partial charge in [0.25, 0.3) is 0 Å². The van der Waals surface area contributed by atoms with Crippen molar-refractivity contribution in [3.63, 3.8) is 0 Å². The molecule has 0 amide bonds. The predicted molar refractivity (Wildman–Crippen MR) is 39.1 cm³/mol. The molecule has 0 bridgehead atoms. The number of thiophene rings is 1. The first kappa shape index (κ1) is 9.56. The minimum atomic E-state index is -4.51. The average molecular weight is 196 g/mol. The maximum absolute atomic E-state index is 12.0. The first-order valence-corrected chi connectivity index (χ1v) is 3.86. The van der Waals surface area contributed by atoms with Crippen molar-refractivity contribution in [2.45, 2.75) is 6.18 Å². The van der Waals surface area contributed by atoms with Gasteiger partial charge in [-0.25, -0.2) is 0 Å². The summed E-state index contributed by atoms with van der Waals surface area (Å²) in [5, 5.41) is 18.9. The predicted octanol–water partition coefficient (Wildman–Crippen LogP) is 0.447. The van der Waals surface area contributed by atoms with Crippen LogP contribution in [0.25, 0.3) is 0 Å². The van der Waals surface area contributed by atoms with Crippen molar-refractivity contribution in [3.05, 3.63) is 16.3 Å². The van der Waals surface area contributed by atoms with E-state index in [0.29, 0.717) is 0 Å². The second-order valence-corrected chi connectivity index (χ2v) is 2.86. The molecule has 0 aliphatic rings. The van der Waals surface area contributed by atoms with Gasteiger partial charge in [0, 0.05) is 10.8 Å². The summed E-state index contributed by atoms with van der Waals surface area (Å²) in [6.45, 7) is 0. The summed E-state index contributed by atoms with van der Waals surface area (Å²) >= 11 is 0.781. The highest BCUT2D eigenvalue weighted by molar-refractivity contribution is 7.09. The molecule has 0 saturated heterocycles. The maximum Gasteiger partial charge on any atom is 0.489 e. The molecular weight excluding hydrogens is 192 g/mol. The fourth-order valence-corrected chi connectivity index (χ4v) is 1.61. The minimum absolute atomic E-state index is 0.493. The topological polar surface area (TPSA) is 40.5 Å². The van der Waals surface area contributed by atoms with Crippen LogP contribution >= 0.6 is 11.3 Å². The second-order valence-electron chi connectivity index (χ2n) is 2.11. The zero-order valence-electron chi connectivity index (χ0n) is 5.67. The lowest BCUT2D eigenvalue weighted by Gasteiger charge is -2.06. The molecule has 0 radical (unpaired) electrons. The molecule has 1 aromatic heterocycles. The van der Waals surface area contributed by atoms with Crippen LogP contribution in [0.3, 0.4) is 0 Å². The van der Waals surface area contributed by atoms with Gasteiger partial charge >= 0.3 is 13.3 Å². The van der Waals surface area contributed by atoms with Crippen molar-refractivity contribution in [3.8, 4) is 0 Å². The molecule has 0 saturated carbocycles. The van der Waals surface area contributed by atoms with E-state index < -0.39 is 24.3 Å². The fraction of sp³-hybridized carbons (Fsp3) is 0.200. The Morgan fingerprint density at radius 2 is 1.83 bits per heavy atom. The van der Waals surface area contributed by atoms with E-state index in [1.54, 1.807) is 0 Å². The monoisotopic (exact) mass is 196 g/mol. The highest BCUT2D eigenvalue weighted by atomic mass is 32.1. The third-order valence-corrected chi connectivity index (χ3v) is 2.04. The number of halogens is 3. The zero-order valence-corrected chi connectivity index (χ0v) is 6.49. The zero-order chi connectivity index (χ0) is 9.35. The van der Waals surface area contributed by atoms with Crippen LogP contribution in [0.5, 0.6) is 0 Å². The summed E-state index contributed by atoms with van der Waals surface area (Å²) < 4.78 is 36.1. The summed E-state index contributed by atoms with van der Waals surface area (Å²) in [6, 6.07) is 0. The van der Waals surface area contributed by atoms with Gasteiger partial charge in [-0.15, -0.1) is 0 Å². The summed E-state index contributed by atoms with van der Waals surface area (Å²) in [5.41, 5.74) is -1.48. The van der Waals surface area contributed by atoms with E-state index in [1.807, 2.05) is 0 Å². The van der Waals surface area contributed by atoms with E-state index >= 15 is 0 Å². The van der Waals surface area contributed by atoms with Gasteiger partial charge in [0.15, 0.2) is 0 Å². The summed E-state index contributed by atoms with van der Waals surface area (Å²) in [6.07, 6.45) is -4.51. The number of alkyl halides is 3. The molecule has 0 aliphatic carbocycles. The lowest BCUT2D eigenvalue weighted by atomic mass is 9.79. The van der Waals surface area contributed by atoms with Gasteiger partial charge in [0.05, 0.1) is 5.56 Å². The van der Waals surface area contributed by atoms with Crippen molar-refractivity contribution in [2.75, 3.05) is 0 Å². The Hall–Kier alpha value is -0.525. The molecule has 12 heavy (non-hydrogen) atoms. The fourth-order valence-electron chi connectivity index (χ4n) is 0.737. The molecule has 7 heteroatoms. The average Bonchev–Trinajstić information content (AvgIpc) is 2.30. The lowest BCUT2D eigenvalue weighted by Crippen LogP contribution is -2.34. The van der Waals surface area contributed by atoms with Crippen molar-refractivity contribution in [1.29, 1.82) is 0 Å². The van der Waals surface area contributed by atoms with E-state index in [0.717, 1.165) is 22.1 Å². The number of hydrogen-bond donors (Lipinski definition) is 2. The normalized spacial score (nSPS) is 11.8. The Labute approximate surface area is 70.4 Å². The molecule has 0 spiro atoms. The van der Waals surface area contributed by atoms with Gasteiger partial charge in [-0.2, -0.15) is 24.5 Å². The maximum atomic E-state index is 12.0. The van der Waals surface area contributed by atoms with Crippen LogP contribution in [0.2, 0.25) is 0 Å². The lowest BCUT2D eigenvalue weighted by molar-refractivity contribution is -0.136. The van der Waals surface area contributed by atoms with Gasteiger partial charge in [0.1, 0.15) is 0 Å². The van der Waals surface area contributed by atoms with Crippen LogP contribution < -0.4 is 5.46 Å². The molecule has 0 aliphatic heterocycles.